The molecule has 3 heterocycles. The van der Waals surface area contributed by atoms with Gasteiger partial charge < -0.3 is 14.2 Å². The Balaban J connectivity index is 2.06. The number of cyclic esters (lactones) is 1. The predicted octanol–water partition coefficient (Wildman–Crippen LogP) is -0.344. The predicted molar refractivity (Wildman–Crippen MR) is 46.7 cm³/mol. The maximum absolute atomic E-state index is 11.7. The van der Waals surface area contributed by atoms with E-state index in [2.05, 4.69) is 4.74 Å². The van der Waals surface area contributed by atoms with E-state index < -0.39 is 17.5 Å². The van der Waals surface area contributed by atoms with Crippen molar-refractivity contribution in [1.29, 1.82) is 0 Å². The highest BCUT2D eigenvalue weighted by atomic mass is 16.6. The van der Waals surface area contributed by atoms with E-state index in [4.69, 9.17) is 9.47 Å². The number of hydrogen-bond acceptors (Lipinski definition) is 5. The fraction of sp³-hybridized carbons (Fsp3) is 0.600. The van der Waals surface area contributed by atoms with E-state index in [0.717, 1.165) is 0 Å². The van der Waals surface area contributed by atoms with Gasteiger partial charge in [0.25, 0.3) is 0 Å². The first kappa shape index (κ1) is 8.91. The van der Waals surface area contributed by atoms with Gasteiger partial charge in [0.2, 0.25) is 0 Å². The van der Waals surface area contributed by atoms with Crippen LogP contribution in [0.15, 0.2) is 12.2 Å². The molecule has 0 aromatic carbocycles. The Morgan fingerprint density at radius 3 is 3.20 bits per heavy atom. The molecular weight excluding hydrogens is 200 g/mol. The average molecular weight is 210 g/mol. The molecule has 2 bridgehead atoms. The zero-order valence-corrected chi connectivity index (χ0v) is 8.14. The van der Waals surface area contributed by atoms with Gasteiger partial charge >= 0.3 is 11.9 Å². The molecule has 0 saturated carbocycles. The van der Waals surface area contributed by atoms with Crippen molar-refractivity contribution in [2.45, 2.75) is 11.7 Å². The topological polar surface area (TPSA) is 61.8 Å². The number of ether oxygens (including phenoxy) is 3. The summed E-state index contributed by atoms with van der Waals surface area (Å²) in [7, 11) is 1.29. The lowest BCUT2D eigenvalue weighted by Crippen LogP contribution is -2.45. The monoisotopic (exact) mass is 210 g/mol. The third kappa shape index (κ3) is 0.866. The molecule has 3 aliphatic rings. The minimum absolute atomic E-state index is 0.0402. The number of hydrogen-bond donors (Lipinski definition) is 0. The summed E-state index contributed by atoms with van der Waals surface area (Å²) < 4.78 is 15.2. The molecular formula is C10H10O5. The highest BCUT2D eigenvalue weighted by molar-refractivity contribution is 5.92. The van der Waals surface area contributed by atoms with E-state index in [-0.39, 0.29) is 18.0 Å². The van der Waals surface area contributed by atoms with E-state index in [0.29, 0.717) is 6.61 Å². The minimum atomic E-state index is -1.22. The lowest BCUT2D eigenvalue weighted by molar-refractivity contribution is -0.168. The fourth-order valence-electron chi connectivity index (χ4n) is 2.67. The van der Waals surface area contributed by atoms with Crippen LogP contribution in [-0.2, 0) is 23.8 Å². The molecule has 2 saturated heterocycles. The quantitative estimate of drug-likeness (QED) is 0.437. The molecule has 3 rings (SSSR count). The minimum Gasteiger partial charge on any atom is -0.467 e. The molecule has 0 aromatic rings. The molecule has 2 fully saturated rings. The van der Waals surface area contributed by atoms with Crippen molar-refractivity contribution < 1.29 is 23.8 Å². The SMILES string of the molecule is COC(=O)[C@@]12C=C[C@@H](O1)[C@@H]1COC(=O)[C@H]12. The van der Waals surface area contributed by atoms with Gasteiger partial charge in [-0.25, -0.2) is 4.79 Å². The zero-order chi connectivity index (χ0) is 10.6. The summed E-state index contributed by atoms with van der Waals surface area (Å²) in [5.41, 5.74) is -1.22. The second-order valence-corrected chi connectivity index (χ2v) is 4.00. The van der Waals surface area contributed by atoms with Crippen LogP contribution in [0.2, 0.25) is 0 Å². The first-order valence-electron chi connectivity index (χ1n) is 4.81. The maximum Gasteiger partial charge on any atom is 0.343 e. The van der Waals surface area contributed by atoms with Gasteiger partial charge in [0, 0.05) is 5.92 Å². The number of fused-ring (bicyclic) bond motifs is 5. The van der Waals surface area contributed by atoms with Crippen LogP contribution in [0.5, 0.6) is 0 Å². The van der Waals surface area contributed by atoms with Crippen molar-refractivity contribution in [3.05, 3.63) is 12.2 Å². The lowest BCUT2D eigenvalue weighted by atomic mass is 9.77. The van der Waals surface area contributed by atoms with Crippen molar-refractivity contribution in [2.75, 3.05) is 13.7 Å². The second kappa shape index (κ2) is 2.61. The number of esters is 2. The molecule has 80 valence electrons. The third-order valence-corrected chi connectivity index (χ3v) is 3.35. The summed E-state index contributed by atoms with van der Waals surface area (Å²) in [5.74, 6) is -1.45. The first-order chi connectivity index (χ1) is 7.19. The largest absolute Gasteiger partial charge is 0.467 e. The zero-order valence-electron chi connectivity index (χ0n) is 8.14. The Morgan fingerprint density at radius 2 is 2.47 bits per heavy atom. The molecule has 0 unspecified atom stereocenters. The maximum atomic E-state index is 11.7. The highest BCUT2D eigenvalue weighted by Crippen LogP contribution is 2.50. The number of carbonyl (C=O) groups excluding carboxylic acids is 2. The van der Waals surface area contributed by atoms with Crippen LogP contribution in [0, 0.1) is 11.8 Å². The summed E-state index contributed by atoms with van der Waals surface area (Å²) in [5, 5.41) is 0. The molecule has 0 aliphatic carbocycles. The van der Waals surface area contributed by atoms with Crippen LogP contribution in [0.4, 0.5) is 0 Å². The molecule has 0 aromatic heterocycles. The van der Waals surface area contributed by atoms with E-state index in [1.807, 2.05) is 0 Å². The molecule has 5 nitrogen and oxygen atoms in total. The Bertz CT molecular complexity index is 374. The highest BCUT2D eigenvalue weighted by Gasteiger charge is 2.67. The van der Waals surface area contributed by atoms with E-state index in [1.165, 1.54) is 7.11 Å². The lowest BCUT2D eigenvalue weighted by Gasteiger charge is -2.23. The average Bonchev–Trinajstić information content (AvgIpc) is 2.89. The molecule has 0 spiro atoms. The normalized spacial score (nSPS) is 45.4. The van der Waals surface area contributed by atoms with Crippen molar-refractivity contribution in [1.82, 2.24) is 0 Å². The van der Waals surface area contributed by atoms with Gasteiger partial charge in [-0.05, 0) is 6.08 Å². The standard InChI is InChI=1S/C10H10O5/c1-13-9(12)10-3-2-6(15-10)5-4-14-8(11)7(5)10/h2-3,5-7H,4H2,1H3/t5-,6+,7-,10-/m0/s1. The fourth-order valence-corrected chi connectivity index (χ4v) is 2.67. The molecule has 5 heteroatoms. The van der Waals surface area contributed by atoms with Gasteiger partial charge in [-0.1, -0.05) is 6.08 Å². The van der Waals surface area contributed by atoms with Crippen molar-refractivity contribution in [3.63, 3.8) is 0 Å². The Kier molecular flexibility index (Phi) is 1.55. The molecule has 0 radical (unpaired) electrons. The Hall–Kier alpha value is -1.36. The van der Waals surface area contributed by atoms with Crippen LogP contribution in [0.1, 0.15) is 0 Å². The van der Waals surface area contributed by atoms with Crippen LogP contribution in [-0.4, -0.2) is 37.4 Å². The molecule has 3 aliphatic heterocycles. The van der Waals surface area contributed by atoms with Crippen LogP contribution in [0.3, 0.4) is 0 Å². The van der Waals surface area contributed by atoms with Crippen molar-refractivity contribution in [3.8, 4) is 0 Å². The Morgan fingerprint density at radius 1 is 1.67 bits per heavy atom. The smallest absolute Gasteiger partial charge is 0.343 e. The third-order valence-electron chi connectivity index (χ3n) is 3.35. The van der Waals surface area contributed by atoms with Gasteiger partial charge in [0.05, 0.1) is 19.8 Å². The summed E-state index contributed by atoms with van der Waals surface area (Å²) in [6, 6.07) is 0. The van der Waals surface area contributed by atoms with Crippen LogP contribution in [0.25, 0.3) is 0 Å². The summed E-state index contributed by atoms with van der Waals surface area (Å²) in [6.07, 6.45) is 3.23. The molecule has 0 N–H and O–H groups in total. The second-order valence-electron chi connectivity index (χ2n) is 4.00. The van der Waals surface area contributed by atoms with E-state index in [1.54, 1.807) is 12.2 Å². The number of carbonyl (C=O) groups is 2. The first-order valence-corrected chi connectivity index (χ1v) is 4.81. The van der Waals surface area contributed by atoms with Gasteiger partial charge in [0.1, 0.15) is 5.92 Å². The van der Waals surface area contributed by atoms with Crippen molar-refractivity contribution in [2.24, 2.45) is 11.8 Å². The van der Waals surface area contributed by atoms with E-state index in [9.17, 15) is 9.59 Å². The van der Waals surface area contributed by atoms with Gasteiger partial charge in [0.15, 0.2) is 5.60 Å². The van der Waals surface area contributed by atoms with Crippen molar-refractivity contribution >= 4 is 11.9 Å². The molecule has 15 heavy (non-hydrogen) atoms. The summed E-state index contributed by atoms with van der Waals surface area (Å²) in [6.45, 7) is 0.331. The van der Waals surface area contributed by atoms with Crippen LogP contribution >= 0.6 is 0 Å². The molecule has 0 amide bonds. The summed E-state index contributed by atoms with van der Waals surface area (Å²) in [4.78, 5) is 23.2. The number of methoxy groups -OCH3 is 1. The van der Waals surface area contributed by atoms with E-state index >= 15 is 0 Å². The van der Waals surface area contributed by atoms with Gasteiger partial charge in [-0.2, -0.15) is 0 Å². The van der Waals surface area contributed by atoms with Gasteiger partial charge in [-0.3, -0.25) is 4.79 Å². The Labute approximate surface area is 86.0 Å². The number of rotatable bonds is 1. The molecule has 4 atom stereocenters. The van der Waals surface area contributed by atoms with Crippen LogP contribution < -0.4 is 0 Å². The summed E-state index contributed by atoms with van der Waals surface area (Å²) >= 11 is 0. The van der Waals surface area contributed by atoms with Gasteiger partial charge in [-0.15, -0.1) is 0 Å².